The number of fused-ring (bicyclic) bond motifs is 1. The van der Waals surface area contributed by atoms with Crippen molar-refractivity contribution in [2.75, 3.05) is 12.3 Å². The first kappa shape index (κ1) is 8.80. The van der Waals surface area contributed by atoms with E-state index in [9.17, 15) is 9.00 Å². The van der Waals surface area contributed by atoms with Gasteiger partial charge >= 0.3 is 5.97 Å². The zero-order valence-electron chi connectivity index (χ0n) is 7.17. The van der Waals surface area contributed by atoms with Gasteiger partial charge in [-0.2, -0.15) is 10.2 Å². The van der Waals surface area contributed by atoms with Gasteiger partial charge in [-0.25, -0.2) is 4.79 Å². The van der Waals surface area contributed by atoms with E-state index in [1.807, 2.05) is 0 Å². The lowest BCUT2D eigenvalue weighted by molar-refractivity contribution is -0.140. The van der Waals surface area contributed by atoms with Gasteiger partial charge in [-0.05, 0) is 0 Å². The molecular weight excluding hydrogens is 192 g/mol. The molecule has 0 aromatic carbocycles. The Hall–Kier alpha value is -0.780. The maximum Gasteiger partial charge on any atom is 0.334 e. The van der Waals surface area contributed by atoms with Gasteiger partial charge in [-0.1, -0.05) is 6.92 Å². The third-order valence-corrected chi connectivity index (χ3v) is 3.80. The second kappa shape index (κ2) is 3.17. The SMILES string of the molecule is CCS(=O)[C@@H]1OC(=O)[C@H]2N=NC[C@H]21. The lowest BCUT2D eigenvalue weighted by Gasteiger charge is -2.11. The normalized spacial score (nSPS) is 38.8. The van der Waals surface area contributed by atoms with Crippen LogP contribution in [0, 0.1) is 5.92 Å². The molecule has 1 fully saturated rings. The van der Waals surface area contributed by atoms with Gasteiger partial charge < -0.3 is 4.74 Å². The van der Waals surface area contributed by atoms with E-state index in [-0.39, 0.29) is 11.9 Å². The zero-order chi connectivity index (χ0) is 9.42. The predicted octanol–water partition coefficient (Wildman–Crippen LogP) is 0.0885. The summed E-state index contributed by atoms with van der Waals surface area (Å²) in [6.07, 6.45) is 0. The molecule has 2 rings (SSSR count). The number of hydrogen-bond acceptors (Lipinski definition) is 5. The number of hydrogen-bond donors (Lipinski definition) is 0. The zero-order valence-corrected chi connectivity index (χ0v) is 7.99. The van der Waals surface area contributed by atoms with Gasteiger partial charge in [0.05, 0.1) is 23.3 Å². The fraction of sp³-hybridized carbons (Fsp3) is 0.857. The van der Waals surface area contributed by atoms with Crippen molar-refractivity contribution in [1.82, 2.24) is 0 Å². The van der Waals surface area contributed by atoms with Crippen LogP contribution in [0.25, 0.3) is 0 Å². The minimum Gasteiger partial charge on any atom is -0.447 e. The van der Waals surface area contributed by atoms with E-state index in [2.05, 4.69) is 10.2 Å². The first-order valence-electron chi connectivity index (χ1n) is 4.18. The van der Waals surface area contributed by atoms with Crippen molar-refractivity contribution in [1.29, 1.82) is 0 Å². The van der Waals surface area contributed by atoms with E-state index in [4.69, 9.17) is 4.74 Å². The molecule has 5 nitrogen and oxygen atoms in total. The molecule has 2 aliphatic heterocycles. The molecule has 1 unspecified atom stereocenters. The summed E-state index contributed by atoms with van der Waals surface area (Å²) in [5.41, 5.74) is -0.488. The Morgan fingerprint density at radius 1 is 1.69 bits per heavy atom. The molecule has 0 bridgehead atoms. The van der Waals surface area contributed by atoms with E-state index >= 15 is 0 Å². The van der Waals surface area contributed by atoms with Crippen LogP contribution in [-0.4, -0.2) is 34.0 Å². The van der Waals surface area contributed by atoms with Crippen LogP contribution in [-0.2, 0) is 20.3 Å². The van der Waals surface area contributed by atoms with Gasteiger partial charge in [0.1, 0.15) is 0 Å². The number of esters is 1. The molecule has 0 N–H and O–H groups in total. The average Bonchev–Trinajstić information content (AvgIpc) is 2.68. The molecule has 0 aliphatic carbocycles. The summed E-state index contributed by atoms with van der Waals surface area (Å²) < 4.78 is 16.4. The third-order valence-electron chi connectivity index (χ3n) is 2.27. The Labute approximate surface area is 78.0 Å². The molecule has 0 amide bonds. The fourth-order valence-electron chi connectivity index (χ4n) is 1.56. The monoisotopic (exact) mass is 202 g/mol. The van der Waals surface area contributed by atoms with Crippen molar-refractivity contribution in [2.24, 2.45) is 16.1 Å². The number of carbonyl (C=O) groups excluding carboxylic acids is 1. The highest BCUT2D eigenvalue weighted by Gasteiger charge is 2.49. The number of ether oxygens (including phenoxy) is 1. The lowest BCUT2D eigenvalue weighted by atomic mass is 10.1. The largest absolute Gasteiger partial charge is 0.447 e. The smallest absolute Gasteiger partial charge is 0.334 e. The molecule has 72 valence electrons. The lowest BCUT2D eigenvalue weighted by Crippen LogP contribution is -2.27. The molecule has 0 aromatic heterocycles. The molecule has 0 aromatic rings. The molecule has 13 heavy (non-hydrogen) atoms. The number of nitrogens with zero attached hydrogens (tertiary/aromatic N) is 2. The van der Waals surface area contributed by atoms with Crippen molar-refractivity contribution in [3.63, 3.8) is 0 Å². The quantitative estimate of drug-likeness (QED) is 0.596. The van der Waals surface area contributed by atoms with Gasteiger partial charge in [0.2, 0.25) is 0 Å². The number of carbonyl (C=O) groups is 1. The predicted molar refractivity (Wildman–Crippen MR) is 45.6 cm³/mol. The van der Waals surface area contributed by atoms with Gasteiger partial charge in [-0.15, -0.1) is 0 Å². The highest BCUT2D eigenvalue weighted by atomic mass is 32.2. The van der Waals surface area contributed by atoms with Crippen LogP contribution in [0.2, 0.25) is 0 Å². The van der Waals surface area contributed by atoms with Gasteiger partial charge in [-0.3, -0.25) is 4.21 Å². The first-order chi connectivity index (χ1) is 6.24. The van der Waals surface area contributed by atoms with Crippen molar-refractivity contribution in [2.45, 2.75) is 18.4 Å². The Morgan fingerprint density at radius 2 is 2.46 bits per heavy atom. The van der Waals surface area contributed by atoms with Crippen LogP contribution in [0.4, 0.5) is 0 Å². The van der Waals surface area contributed by atoms with Gasteiger partial charge in [0.15, 0.2) is 11.5 Å². The van der Waals surface area contributed by atoms with E-state index in [0.717, 1.165) is 0 Å². The minimum absolute atomic E-state index is 0.0896. The number of azo groups is 1. The van der Waals surface area contributed by atoms with Crippen LogP contribution >= 0.6 is 0 Å². The Balaban J connectivity index is 2.17. The Kier molecular flexibility index (Phi) is 2.15. The maximum absolute atomic E-state index is 11.5. The summed E-state index contributed by atoms with van der Waals surface area (Å²) in [5, 5.41) is 7.54. The maximum atomic E-state index is 11.5. The van der Waals surface area contributed by atoms with E-state index in [0.29, 0.717) is 12.3 Å². The van der Waals surface area contributed by atoms with Crippen molar-refractivity contribution in [3.8, 4) is 0 Å². The fourth-order valence-corrected chi connectivity index (χ4v) is 2.71. The van der Waals surface area contributed by atoms with Crippen molar-refractivity contribution < 1.29 is 13.7 Å². The molecule has 0 saturated carbocycles. The van der Waals surface area contributed by atoms with Crippen LogP contribution < -0.4 is 0 Å². The Morgan fingerprint density at radius 3 is 3.15 bits per heavy atom. The van der Waals surface area contributed by atoms with Crippen molar-refractivity contribution >= 4 is 16.8 Å². The van der Waals surface area contributed by atoms with E-state index < -0.39 is 22.3 Å². The summed E-state index contributed by atoms with van der Waals surface area (Å²) in [5.74, 6) is 0.0348. The number of cyclic esters (lactones) is 1. The summed E-state index contributed by atoms with van der Waals surface area (Å²) in [7, 11) is -1.10. The van der Waals surface area contributed by atoms with Crippen LogP contribution in [0.5, 0.6) is 0 Å². The summed E-state index contributed by atoms with van der Waals surface area (Å²) in [6, 6.07) is -0.486. The number of rotatable bonds is 2. The second-order valence-electron chi connectivity index (χ2n) is 3.02. The van der Waals surface area contributed by atoms with Gasteiger partial charge in [0, 0.05) is 5.75 Å². The molecular formula is C7H10N2O3S. The molecule has 0 spiro atoms. The van der Waals surface area contributed by atoms with Crippen molar-refractivity contribution in [3.05, 3.63) is 0 Å². The first-order valence-corrected chi connectivity index (χ1v) is 5.56. The minimum atomic E-state index is -1.10. The van der Waals surface area contributed by atoms with E-state index in [1.165, 1.54) is 0 Å². The van der Waals surface area contributed by atoms with Crippen LogP contribution in [0.15, 0.2) is 10.2 Å². The highest BCUT2D eigenvalue weighted by Crippen LogP contribution is 2.31. The molecule has 0 radical (unpaired) electrons. The summed E-state index contributed by atoms with van der Waals surface area (Å²) >= 11 is 0. The molecule has 6 heteroatoms. The van der Waals surface area contributed by atoms with E-state index in [1.54, 1.807) is 6.92 Å². The summed E-state index contributed by atoms with van der Waals surface area (Å²) in [6.45, 7) is 2.27. The molecule has 2 heterocycles. The van der Waals surface area contributed by atoms with Crippen LogP contribution in [0.3, 0.4) is 0 Å². The summed E-state index contributed by atoms with van der Waals surface area (Å²) in [4.78, 5) is 11.2. The Bertz CT molecular complexity index is 291. The highest BCUT2D eigenvalue weighted by molar-refractivity contribution is 7.85. The molecule has 1 saturated heterocycles. The van der Waals surface area contributed by atoms with Crippen LogP contribution in [0.1, 0.15) is 6.92 Å². The average molecular weight is 202 g/mol. The molecule has 2 aliphatic rings. The standard InChI is InChI=1S/C7H10N2O3S/c1-2-13(11)7-4-3-8-9-5(4)6(10)12-7/h4-5,7H,2-3H2,1H3/t4-,5+,7+,13?/m1/s1. The second-order valence-corrected chi connectivity index (χ2v) is 4.83. The van der Waals surface area contributed by atoms with Gasteiger partial charge in [0.25, 0.3) is 0 Å². The topological polar surface area (TPSA) is 68.1 Å². The third kappa shape index (κ3) is 1.29. The molecule has 4 atom stereocenters.